The lowest BCUT2D eigenvalue weighted by atomic mass is 9.69. The zero-order valence-corrected chi connectivity index (χ0v) is 33.4. The highest BCUT2D eigenvalue weighted by Gasteiger charge is 2.85. The topological polar surface area (TPSA) is 140 Å². The maximum absolute atomic E-state index is 15.0. The van der Waals surface area contributed by atoms with Crippen LogP contribution in [0.2, 0.25) is 0 Å². The summed E-state index contributed by atoms with van der Waals surface area (Å²) in [4.78, 5) is 63.5. The van der Waals surface area contributed by atoms with E-state index in [4.69, 9.17) is 5.73 Å². The van der Waals surface area contributed by atoms with Gasteiger partial charge in [-0.15, -0.1) is 0 Å². The number of likely N-dealkylation sites (N-methyl/N-ethyl adjacent to an activating group) is 1. The third kappa shape index (κ3) is 5.89. The zero-order valence-electron chi connectivity index (χ0n) is 33.4. The number of likely N-dealkylation sites (tertiary alicyclic amines) is 1. The van der Waals surface area contributed by atoms with Gasteiger partial charge >= 0.3 is 6.03 Å². The molecule has 7 aliphatic rings. The molecule has 0 aromatic carbocycles. The molecule has 4 saturated carbocycles. The Labute approximate surface area is 312 Å². The number of ketones is 1. The fourth-order valence-corrected chi connectivity index (χ4v) is 12.0. The van der Waals surface area contributed by atoms with E-state index in [0.29, 0.717) is 25.1 Å². The molecule has 6 fully saturated rings. The Morgan fingerprint density at radius 1 is 0.942 bits per heavy atom. The van der Waals surface area contributed by atoms with Crippen molar-refractivity contribution in [1.29, 1.82) is 0 Å². The summed E-state index contributed by atoms with van der Waals surface area (Å²) in [5, 5.41) is 9.71. The van der Waals surface area contributed by atoms with Crippen LogP contribution in [0.1, 0.15) is 126 Å². The molecule has 5 atom stereocenters. The van der Waals surface area contributed by atoms with E-state index in [-0.39, 0.29) is 56.9 Å². The van der Waals surface area contributed by atoms with Crippen LogP contribution in [-0.2, 0) is 14.4 Å². The van der Waals surface area contributed by atoms with Gasteiger partial charge in [-0.1, -0.05) is 60.3 Å². The van der Waals surface area contributed by atoms with Crippen LogP contribution in [0.25, 0.3) is 0 Å². The molecule has 2 saturated heterocycles. The van der Waals surface area contributed by atoms with Crippen molar-refractivity contribution in [2.45, 2.75) is 155 Å². The highest BCUT2D eigenvalue weighted by Crippen LogP contribution is 2.88. The number of hydrogen-bond donors (Lipinski definition) is 4. The summed E-state index contributed by atoms with van der Waals surface area (Å²) < 4.78 is 0. The van der Waals surface area contributed by atoms with E-state index in [1.807, 2.05) is 20.8 Å². The van der Waals surface area contributed by atoms with Gasteiger partial charge in [-0.3, -0.25) is 24.2 Å². The first-order valence-corrected chi connectivity index (χ1v) is 20.4. The molecule has 7 rings (SSSR count). The van der Waals surface area contributed by atoms with Crippen molar-refractivity contribution in [3.8, 4) is 0 Å². The molecule has 5 unspecified atom stereocenters. The fraction of sp³-hybridized carbons (Fsp3) is 0.854. The summed E-state index contributed by atoms with van der Waals surface area (Å²) in [6.07, 6.45) is 11.5. The van der Waals surface area contributed by atoms with Gasteiger partial charge in [0.2, 0.25) is 17.6 Å². The smallest absolute Gasteiger partial charge is 0.315 e. The second-order valence-electron chi connectivity index (χ2n) is 20.3. The minimum atomic E-state index is -0.840. The number of urea groups is 1. The first kappa shape index (κ1) is 37.6. The summed E-state index contributed by atoms with van der Waals surface area (Å²) in [7, 11) is 2.18. The minimum Gasteiger partial charge on any atom is -0.396 e. The standard InChI is InChI=1S/C41H67N7O4/c1-36(2,3)32(44-35(52)45-39(15-10-9-11-16-39)24-47-20-19-46(8)37(4,5)23-47)34(51)48-25-41(38(6,7)40(41)17-12-18-40)22-29(48)33(50)43-28-21-26-13-14-27(26)30(42)31(28)49/h26,28-29,32H,9-25,42H2,1-8H3,(H,43,50)(H2,44,45,52). The largest absolute Gasteiger partial charge is 0.396 e. The lowest BCUT2D eigenvalue weighted by Gasteiger charge is -2.49. The van der Waals surface area contributed by atoms with Gasteiger partial charge in [0, 0.05) is 43.7 Å². The lowest BCUT2D eigenvalue weighted by molar-refractivity contribution is -0.142. The highest BCUT2D eigenvalue weighted by atomic mass is 16.2. The van der Waals surface area contributed by atoms with Crippen LogP contribution in [0.15, 0.2) is 11.3 Å². The van der Waals surface area contributed by atoms with E-state index in [1.54, 1.807) is 4.90 Å². The molecule has 0 aromatic rings. The average molecular weight is 722 g/mol. The number of nitrogens with one attached hydrogen (secondary N) is 3. The second-order valence-corrected chi connectivity index (χ2v) is 20.3. The van der Waals surface area contributed by atoms with Gasteiger partial charge in [-0.2, -0.15) is 0 Å². The van der Waals surface area contributed by atoms with Crippen molar-refractivity contribution >= 4 is 23.6 Å². The molecule has 11 nitrogen and oxygen atoms in total. The lowest BCUT2D eigenvalue weighted by Crippen LogP contribution is -2.66. The Morgan fingerprint density at radius 3 is 2.19 bits per heavy atom. The number of rotatable bonds is 7. The summed E-state index contributed by atoms with van der Waals surface area (Å²) >= 11 is 0. The van der Waals surface area contributed by atoms with E-state index in [2.05, 4.69) is 60.5 Å². The molecule has 5 N–H and O–H groups in total. The predicted octanol–water partition coefficient (Wildman–Crippen LogP) is 4.31. The molecule has 4 amide bonds. The van der Waals surface area contributed by atoms with Gasteiger partial charge in [-0.25, -0.2) is 4.79 Å². The van der Waals surface area contributed by atoms with E-state index in [9.17, 15) is 19.2 Å². The predicted molar refractivity (Wildman–Crippen MR) is 202 cm³/mol. The van der Waals surface area contributed by atoms with Gasteiger partial charge in [0.15, 0.2) is 0 Å². The van der Waals surface area contributed by atoms with Crippen molar-refractivity contribution in [1.82, 2.24) is 30.7 Å². The number of nitrogens with two attached hydrogens (primary N) is 1. The summed E-state index contributed by atoms with van der Waals surface area (Å²) in [6, 6.07) is -2.54. The number of nitrogens with zero attached hydrogens (tertiary/aromatic N) is 3. The van der Waals surface area contributed by atoms with Crippen LogP contribution in [-0.4, -0.2) is 107 Å². The van der Waals surface area contributed by atoms with Crippen LogP contribution in [0.3, 0.4) is 0 Å². The van der Waals surface area contributed by atoms with Gasteiger partial charge < -0.3 is 26.6 Å². The maximum atomic E-state index is 15.0. The van der Waals surface area contributed by atoms with Crippen molar-refractivity contribution < 1.29 is 19.2 Å². The van der Waals surface area contributed by atoms with Crippen molar-refractivity contribution in [3.63, 3.8) is 0 Å². The number of carbonyl (C=O) groups is 4. The normalized spacial score (nSPS) is 33.9. The molecule has 2 heterocycles. The number of Topliss-reactive ketones (excluding diaryl/α,β-unsaturated/α-hetero) is 1. The summed E-state index contributed by atoms with van der Waals surface area (Å²) in [5.41, 5.74) is 6.63. The average Bonchev–Trinajstić information content (AvgIpc) is 3.24. The molecule has 290 valence electrons. The molecule has 0 radical (unpaired) electrons. The Hall–Kier alpha value is -2.66. The summed E-state index contributed by atoms with van der Waals surface area (Å²) in [6.45, 7) is 19.3. The van der Waals surface area contributed by atoms with Gasteiger partial charge in [0.05, 0.1) is 17.3 Å². The Bertz CT molecular complexity index is 1520. The molecule has 2 spiro atoms. The Balaban J connectivity index is 1.11. The number of allylic oxidation sites excluding steroid dienone is 1. The molecule has 52 heavy (non-hydrogen) atoms. The fourth-order valence-electron chi connectivity index (χ4n) is 12.0. The number of piperazine rings is 1. The third-order valence-electron chi connectivity index (χ3n) is 15.9. The SMILES string of the molecule is CN1CCN(CC2(NC(=O)NC(C(=O)N3CC4(CC3C(=O)NC3CC5CCC5=C(N)C3=O)C(C)(C)C43CCC3)C(C)(C)C)CCCCC2)CC1(C)C. The van der Waals surface area contributed by atoms with Crippen LogP contribution in [0.4, 0.5) is 4.79 Å². The van der Waals surface area contributed by atoms with Gasteiger partial charge in [0.1, 0.15) is 12.1 Å². The van der Waals surface area contributed by atoms with Gasteiger partial charge in [0.25, 0.3) is 0 Å². The zero-order chi connectivity index (χ0) is 37.6. The highest BCUT2D eigenvalue weighted by molar-refractivity contribution is 6.03. The Morgan fingerprint density at radius 2 is 1.63 bits per heavy atom. The van der Waals surface area contributed by atoms with E-state index in [1.165, 1.54) is 6.42 Å². The first-order valence-electron chi connectivity index (χ1n) is 20.4. The van der Waals surface area contributed by atoms with Crippen molar-refractivity contribution in [3.05, 3.63) is 11.3 Å². The van der Waals surface area contributed by atoms with Crippen LogP contribution < -0.4 is 21.7 Å². The number of hydrogen-bond acceptors (Lipinski definition) is 7. The number of amides is 4. The maximum Gasteiger partial charge on any atom is 0.315 e. The second kappa shape index (κ2) is 12.7. The van der Waals surface area contributed by atoms with Crippen LogP contribution in [0, 0.1) is 27.6 Å². The van der Waals surface area contributed by atoms with E-state index in [0.717, 1.165) is 89.5 Å². The molecule has 0 aromatic heterocycles. The number of fused-ring (bicyclic) bond motifs is 2. The molecular formula is C41H67N7O4. The molecule has 11 heteroatoms. The molecule has 2 aliphatic heterocycles. The van der Waals surface area contributed by atoms with E-state index < -0.39 is 23.5 Å². The minimum absolute atomic E-state index is 0.00626. The first-order chi connectivity index (χ1) is 24.3. The Kier molecular flexibility index (Phi) is 9.20. The quantitative estimate of drug-likeness (QED) is 0.308. The van der Waals surface area contributed by atoms with Crippen LogP contribution in [0.5, 0.6) is 0 Å². The monoisotopic (exact) mass is 722 g/mol. The molecular weight excluding hydrogens is 654 g/mol. The van der Waals surface area contributed by atoms with E-state index >= 15 is 0 Å². The summed E-state index contributed by atoms with van der Waals surface area (Å²) in [5.74, 6) is -0.440. The molecule has 5 aliphatic carbocycles. The van der Waals surface area contributed by atoms with Crippen molar-refractivity contribution in [2.24, 2.45) is 33.3 Å². The van der Waals surface area contributed by atoms with Gasteiger partial charge in [-0.05, 0) is 100.0 Å². The van der Waals surface area contributed by atoms with Crippen LogP contribution >= 0.6 is 0 Å². The molecule has 0 bridgehead atoms. The van der Waals surface area contributed by atoms with Crippen molar-refractivity contribution in [2.75, 3.05) is 39.8 Å². The number of carbonyl (C=O) groups excluding carboxylic acids is 4. The third-order valence-corrected chi connectivity index (χ3v) is 15.9.